The summed E-state index contributed by atoms with van der Waals surface area (Å²) in [6.07, 6.45) is 3.74. The molecule has 0 amide bonds. The molecule has 2 aromatic rings. The molecule has 2 aromatic carbocycles. The van der Waals surface area contributed by atoms with Crippen LogP contribution in [0.15, 0.2) is 42.5 Å². The molecule has 0 aromatic heterocycles. The van der Waals surface area contributed by atoms with Crippen LogP contribution < -0.4 is 10.1 Å². The maximum absolute atomic E-state index is 5.55. The van der Waals surface area contributed by atoms with E-state index in [0.717, 1.165) is 31.2 Å². The van der Waals surface area contributed by atoms with Crippen LogP contribution in [0.3, 0.4) is 0 Å². The molecule has 4 rings (SSSR count). The Hall–Kier alpha value is -1.96. The van der Waals surface area contributed by atoms with Crippen molar-refractivity contribution in [3.63, 3.8) is 0 Å². The zero-order valence-electron chi connectivity index (χ0n) is 11.6. The van der Waals surface area contributed by atoms with Gasteiger partial charge in [0.2, 0.25) is 0 Å². The number of anilines is 1. The van der Waals surface area contributed by atoms with Gasteiger partial charge in [-0.15, -0.1) is 0 Å². The van der Waals surface area contributed by atoms with Crippen molar-refractivity contribution in [2.24, 2.45) is 0 Å². The molecule has 2 nitrogen and oxygen atoms in total. The van der Waals surface area contributed by atoms with Gasteiger partial charge in [-0.1, -0.05) is 24.3 Å². The second-order valence-electron chi connectivity index (χ2n) is 5.75. The molecule has 0 atom stereocenters. The van der Waals surface area contributed by atoms with E-state index in [2.05, 4.69) is 47.8 Å². The molecular formula is C18H19NO. The van der Waals surface area contributed by atoms with Gasteiger partial charge in [0.05, 0.1) is 6.61 Å². The van der Waals surface area contributed by atoms with Crippen LogP contribution in [0.25, 0.3) is 0 Å². The largest absolute Gasteiger partial charge is 0.493 e. The molecule has 1 aliphatic heterocycles. The van der Waals surface area contributed by atoms with Gasteiger partial charge in [0, 0.05) is 18.7 Å². The normalized spacial score (nSPS) is 16.6. The monoisotopic (exact) mass is 265 g/mol. The zero-order chi connectivity index (χ0) is 13.4. The smallest absolute Gasteiger partial charge is 0.122 e. The Labute approximate surface area is 119 Å². The topological polar surface area (TPSA) is 21.3 Å². The highest BCUT2D eigenvalue weighted by atomic mass is 16.5. The highest BCUT2D eigenvalue weighted by Gasteiger charge is 2.25. The van der Waals surface area contributed by atoms with Crippen molar-refractivity contribution in [1.29, 1.82) is 0 Å². The van der Waals surface area contributed by atoms with Gasteiger partial charge in [-0.2, -0.15) is 0 Å². The highest BCUT2D eigenvalue weighted by Crippen LogP contribution is 2.41. The summed E-state index contributed by atoms with van der Waals surface area (Å²) in [5, 5.41) is 3.56. The minimum Gasteiger partial charge on any atom is -0.493 e. The van der Waals surface area contributed by atoms with E-state index in [0.29, 0.717) is 0 Å². The average molecular weight is 265 g/mol. The second kappa shape index (κ2) is 4.86. The Morgan fingerprint density at radius 2 is 2.00 bits per heavy atom. The molecule has 0 unspecified atom stereocenters. The third-order valence-electron chi connectivity index (χ3n) is 4.24. The van der Waals surface area contributed by atoms with Gasteiger partial charge in [-0.05, 0) is 53.6 Å². The van der Waals surface area contributed by atoms with Crippen LogP contribution in [0.1, 0.15) is 35.4 Å². The molecule has 2 heteroatoms. The van der Waals surface area contributed by atoms with Crippen molar-refractivity contribution in [2.75, 3.05) is 11.9 Å². The predicted molar refractivity (Wildman–Crippen MR) is 81.4 cm³/mol. The SMILES string of the molecule is c1ccc(C2CC2)c(CNc2ccc3c(c2)CCO3)c1. The fourth-order valence-corrected chi connectivity index (χ4v) is 2.98. The molecule has 0 spiro atoms. The molecule has 1 fully saturated rings. The van der Waals surface area contributed by atoms with Crippen LogP contribution in [-0.2, 0) is 13.0 Å². The second-order valence-corrected chi connectivity index (χ2v) is 5.75. The van der Waals surface area contributed by atoms with E-state index in [1.165, 1.54) is 35.2 Å². The number of nitrogens with one attached hydrogen (secondary N) is 1. The lowest BCUT2D eigenvalue weighted by molar-refractivity contribution is 0.357. The number of hydrogen-bond donors (Lipinski definition) is 1. The van der Waals surface area contributed by atoms with Gasteiger partial charge in [0.15, 0.2) is 0 Å². The van der Waals surface area contributed by atoms with E-state index in [1.807, 2.05) is 0 Å². The summed E-state index contributed by atoms with van der Waals surface area (Å²) in [6.45, 7) is 1.73. The van der Waals surface area contributed by atoms with E-state index in [9.17, 15) is 0 Å². The summed E-state index contributed by atoms with van der Waals surface area (Å²) in [7, 11) is 0. The summed E-state index contributed by atoms with van der Waals surface area (Å²) >= 11 is 0. The maximum Gasteiger partial charge on any atom is 0.122 e. The third kappa shape index (κ3) is 2.26. The molecule has 0 saturated heterocycles. The first-order valence-corrected chi connectivity index (χ1v) is 7.47. The van der Waals surface area contributed by atoms with Crippen molar-refractivity contribution < 1.29 is 4.74 Å². The molecular weight excluding hydrogens is 246 g/mol. The molecule has 2 aliphatic rings. The van der Waals surface area contributed by atoms with Gasteiger partial charge in [-0.3, -0.25) is 0 Å². The number of rotatable bonds is 4. The van der Waals surface area contributed by atoms with Crippen molar-refractivity contribution in [2.45, 2.75) is 31.7 Å². The molecule has 1 aliphatic carbocycles. The quantitative estimate of drug-likeness (QED) is 0.898. The van der Waals surface area contributed by atoms with E-state index in [4.69, 9.17) is 4.74 Å². The lowest BCUT2D eigenvalue weighted by atomic mass is 10.0. The first-order chi connectivity index (χ1) is 9.90. The van der Waals surface area contributed by atoms with Gasteiger partial charge in [-0.25, -0.2) is 0 Å². The van der Waals surface area contributed by atoms with Gasteiger partial charge in [0.25, 0.3) is 0 Å². The zero-order valence-corrected chi connectivity index (χ0v) is 11.6. The number of ether oxygens (including phenoxy) is 1. The Balaban J connectivity index is 1.50. The van der Waals surface area contributed by atoms with E-state index < -0.39 is 0 Å². The molecule has 1 saturated carbocycles. The maximum atomic E-state index is 5.55. The van der Waals surface area contributed by atoms with Crippen LogP contribution in [0.4, 0.5) is 5.69 Å². The Morgan fingerprint density at radius 3 is 2.90 bits per heavy atom. The number of benzene rings is 2. The molecule has 1 N–H and O–H groups in total. The number of fused-ring (bicyclic) bond motifs is 1. The van der Waals surface area contributed by atoms with Crippen LogP contribution >= 0.6 is 0 Å². The van der Waals surface area contributed by atoms with Crippen molar-refractivity contribution in [1.82, 2.24) is 0 Å². The standard InChI is InChI=1S/C18H19NO/c1-2-4-17(13-5-6-13)15(3-1)12-19-16-7-8-18-14(11-16)9-10-20-18/h1-4,7-8,11,13,19H,5-6,9-10,12H2. The first-order valence-electron chi connectivity index (χ1n) is 7.47. The van der Waals surface area contributed by atoms with Crippen LogP contribution in [-0.4, -0.2) is 6.61 Å². The average Bonchev–Trinajstić information content (AvgIpc) is 3.23. The minimum atomic E-state index is 0.807. The molecule has 102 valence electrons. The van der Waals surface area contributed by atoms with Gasteiger partial charge >= 0.3 is 0 Å². The van der Waals surface area contributed by atoms with E-state index in [-0.39, 0.29) is 0 Å². The minimum absolute atomic E-state index is 0.807. The van der Waals surface area contributed by atoms with Crippen molar-refractivity contribution >= 4 is 5.69 Å². The highest BCUT2D eigenvalue weighted by molar-refractivity contribution is 5.53. The lowest BCUT2D eigenvalue weighted by Gasteiger charge is -2.11. The van der Waals surface area contributed by atoms with Crippen LogP contribution in [0.5, 0.6) is 5.75 Å². The Kier molecular flexibility index (Phi) is 2.87. The fraction of sp³-hybridized carbons (Fsp3) is 0.333. The van der Waals surface area contributed by atoms with E-state index >= 15 is 0 Å². The Bertz CT molecular complexity index is 631. The van der Waals surface area contributed by atoms with Crippen molar-refractivity contribution in [3.8, 4) is 5.75 Å². The summed E-state index contributed by atoms with van der Waals surface area (Å²) in [5.74, 6) is 1.86. The van der Waals surface area contributed by atoms with Crippen LogP contribution in [0.2, 0.25) is 0 Å². The fourth-order valence-electron chi connectivity index (χ4n) is 2.98. The van der Waals surface area contributed by atoms with Gasteiger partial charge in [0.1, 0.15) is 5.75 Å². The molecule has 1 heterocycles. The third-order valence-corrected chi connectivity index (χ3v) is 4.24. The van der Waals surface area contributed by atoms with Crippen molar-refractivity contribution in [3.05, 3.63) is 59.2 Å². The summed E-state index contributed by atoms with van der Waals surface area (Å²) in [5.41, 5.74) is 5.49. The van der Waals surface area contributed by atoms with Crippen LogP contribution in [0, 0.1) is 0 Å². The van der Waals surface area contributed by atoms with E-state index in [1.54, 1.807) is 0 Å². The van der Waals surface area contributed by atoms with Gasteiger partial charge < -0.3 is 10.1 Å². The lowest BCUT2D eigenvalue weighted by Crippen LogP contribution is -2.02. The number of hydrogen-bond acceptors (Lipinski definition) is 2. The summed E-state index contributed by atoms with van der Waals surface area (Å²) in [4.78, 5) is 0. The molecule has 0 bridgehead atoms. The molecule has 0 radical (unpaired) electrons. The Morgan fingerprint density at radius 1 is 1.10 bits per heavy atom. The molecule has 20 heavy (non-hydrogen) atoms. The predicted octanol–water partition coefficient (Wildman–Crippen LogP) is 4.11. The summed E-state index contributed by atoms with van der Waals surface area (Å²) in [6, 6.07) is 15.2. The summed E-state index contributed by atoms with van der Waals surface area (Å²) < 4.78 is 5.55. The first kappa shape index (κ1) is 11.8.